The summed E-state index contributed by atoms with van der Waals surface area (Å²) in [7, 11) is 1.62. The average Bonchev–Trinajstić information content (AvgIpc) is 3.11. The molecule has 0 saturated carbocycles. The number of rotatable bonds is 7. The number of aromatic nitrogens is 1. The van der Waals surface area contributed by atoms with Crippen LogP contribution in [0.2, 0.25) is 0 Å². The number of fused-ring (bicyclic) bond motifs is 1. The number of nitrogens with one attached hydrogen (secondary N) is 3. The molecule has 0 aliphatic carbocycles. The van der Waals surface area contributed by atoms with Gasteiger partial charge < -0.3 is 25.6 Å². The number of benzene rings is 2. The predicted molar refractivity (Wildman–Crippen MR) is 111 cm³/mol. The van der Waals surface area contributed by atoms with Crippen molar-refractivity contribution in [3.63, 3.8) is 0 Å². The molecule has 1 amide bonds. The molecule has 0 aliphatic heterocycles. The van der Waals surface area contributed by atoms with Crippen molar-refractivity contribution in [1.29, 1.82) is 5.41 Å². The highest BCUT2D eigenvalue weighted by Crippen LogP contribution is 2.23. The highest BCUT2D eigenvalue weighted by Gasteiger charge is 2.14. The first-order valence-corrected chi connectivity index (χ1v) is 8.96. The molecule has 0 spiro atoms. The van der Waals surface area contributed by atoms with Crippen LogP contribution in [0.5, 0.6) is 5.75 Å². The van der Waals surface area contributed by atoms with Gasteiger partial charge >= 0.3 is 0 Å². The topological polar surface area (TPSA) is 98.2 Å². The van der Waals surface area contributed by atoms with Crippen molar-refractivity contribution in [3.05, 3.63) is 70.9 Å². The number of aryl methyl sites for hydroxylation is 1. The normalized spacial score (nSPS) is 11.8. The number of carbonyl (C=O) groups is 1. The zero-order valence-corrected chi connectivity index (χ0v) is 15.9. The van der Waals surface area contributed by atoms with Gasteiger partial charge in [0.1, 0.15) is 11.5 Å². The largest absolute Gasteiger partial charge is 0.506 e. The number of amides is 1. The maximum Gasteiger partial charge on any atom is 0.256 e. The Hall–Kier alpha value is -3.54. The van der Waals surface area contributed by atoms with Crippen LogP contribution in [0.4, 0.5) is 0 Å². The number of methoxy groups -OCH3 is 1. The molecule has 1 heterocycles. The minimum Gasteiger partial charge on any atom is -0.506 e. The van der Waals surface area contributed by atoms with E-state index in [9.17, 15) is 9.90 Å². The minimum absolute atomic E-state index is 0.0653. The molecule has 4 N–H and O–H groups in total. The monoisotopic (exact) mass is 377 g/mol. The number of hydrogen-bond acceptors (Lipinski definition) is 4. The lowest BCUT2D eigenvalue weighted by Gasteiger charge is -2.09. The van der Waals surface area contributed by atoms with Crippen LogP contribution in [0, 0.1) is 12.3 Å². The standard InChI is InChI=1S/C22H23N3O3/c1-14-3-5-15(6-4-14)21(26)19(12-23)22(27)24-10-9-16-13-25-20-8-7-17(28-2)11-18(16)20/h3-8,11-13,23,25-26H,9-10H2,1-2H3,(H,24,27)/b21-19+,23-12?. The molecule has 0 unspecified atom stereocenters. The van der Waals surface area contributed by atoms with Crippen LogP contribution in [-0.2, 0) is 11.2 Å². The van der Waals surface area contributed by atoms with Crippen LogP contribution < -0.4 is 10.1 Å². The number of aliphatic hydroxyl groups excluding tert-OH is 1. The fourth-order valence-corrected chi connectivity index (χ4v) is 3.01. The van der Waals surface area contributed by atoms with Crippen molar-refractivity contribution in [3.8, 4) is 5.75 Å². The summed E-state index contributed by atoms with van der Waals surface area (Å²) in [6, 6.07) is 12.9. The van der Waals surface area contributed by atoms with Gasteiger partial charge in [-0.05, 0) is 37.1 Å². The van der Waals surface area contributed by atoms with E-state index in [0.717, 1.165) is 34.0 Å². The van der Waals surface area contributed by atoms with Gasteiger partial charge in [0, 0.05) is 35.4 Å². The summed E-state index contributed by atoms with van der Waals surface area (Å²) in [6.45, 7) is 2.32. The number of aliphatic hydroxyl groups is 1. The molecule has 2 aromatic carbocycles. The molecule has 1 aromatic heterocycles. The lowest BCUT2D eigenvalue weighted by molar-refractivity contribution is -0.116. The summed E-state index contributed by atoms with van der Waals surface area (Å²) in [5.74, 6) is 0.0873. The summed E-state index contributed by atoms with van der Waals surface area (Å²) in [4.78, 5) is 15.6. The van der Waals surface area contributed by atoms with Gasteiger partial charge in [0.2, 0.25) is 0 Å². The second-order valence-corrected chi connectivity index (χ2v) is 6.50. The van der Waals surface area contributed by atoms with Crippen LogP contribution in [0.15, 0.2) is 54.2 Å². The summed E-state index contributed by atoms with van der Waals surface area (Å²) in [5, 5.41) is 21.7. The van der Waals surface area contributed by atoms with E-state index in [1.54, 1.807) is 19.2 Å². The second-order valence-electron chi connectivity index (χ2n) is 6.50. The molecule has 6 nitrogen and oxygen atoms in total. The van der Waals surface area contributed by atoms with E-state index < -0.39 is 5.91 Å². The highest BCUT2D eigenvalue weighted by molar-refractivity contribution is 6.16. The molecule has 0 fully saturated rings. The third-order valence-corrected chi connectivity index (χ3v) is 4.62. The number of hydrogen-bond donors (Lipinski definition) is 4. The Balaban J connectivity index is 1.70. The zero-order valence-electron chi connectivity index (χ0n) is 15.9. The maximum absolute atomic E-state index is 12.4. The van der Waals surface area contributed by atoms with E-state index in [-0.39, 0.29) is 11.3 Å². The third-order valence-electron chi connectivity index (χ3n) is 4.62. The van der Waals surface area contributed by atoms with Crippen LogP contribution in [0.1, 0.15) is 16.7 Å². The van der Waals surface area contributed by atoms with Crippen LogP contribution in [0.25, 0.3) is 16.7 Å². The van der Waals surface area contributed by atoms with Crippen molar-refractivity contribution in [1.82, 2.24) is 10.3 Å². The van der Waals surface area contributed by atoms with Crippen molar-refractivity contribution >= 4 is 28.8 Å². The van der Waals surface area contributed by atoms with Gasteiger partial charge in [0.25, 0.3) is 5.91 Å². The van der Waals surface area contributed by atoms with Crippen molar-refractivity contribution in [2.75, 3.05) is 13.7 Å². The maximum atomic E-state index is 12.4. The molecule has 28 heavy (non-hydrogen) atoms. The molecular formula is C22H23N3O3. The van der Waals surface area contributed by atoms with Crippen molar-refractivity contribution in [2.45, 2.75) is 13.3 Å². The van der Waals surface area contributed by atoms with E-state index in [0.29, 0.717) is 18.5 Å². The van der Waals surface area contributed by atoms with E-state index in [1.165, 1.54) is 0 Å². The fourth-order valence-electron chi connectivity index (χ4n) is 3.01. The minimum atomic E-state index is -0.481. The van der Waals surface area contributed by atoms with Gasteiger partial charge in [-0.1, -0.05) is 29.8 Å². The van der Waals surface area contributed by atoms with Crippen LogP contribution in [0.3, 0.4) is 0 Å². The molecular weight excluding hydrogens is 354 g/mol. The van der Waals surface area contributed by atoms with Gasteiger partial charge in [0.15, 0.2) is 0 Å². The van der Waals surface area contributed by atoms with E-state index in [4.69, 9.17) is 10.1 Å². The molecule has 0 aliphatic rings. The van der Waals surface area contributed by atoms with E-state index in [2.05, 4.69) is 10.3 Å². The number of H-pyrrole nitrogens is 1. The Labute approximate surface area is 163 Å². The van der Waals surface area contributed by atoms with Crippen molar-refractivity contribution in [2.24, 2.45) is 0 Å². The molecule has 144 valence electrons. The smallest absolute Gasteiger partial charge is 0.256 e. The molecule has 0 bridgehead atoms. The predicted octanol–water partition coefficient (Wildman–Crippen LogP) is 3.76. The number of carbonyl (C=O) groups excluding carboxylic acids is 1. The molecule has 0 radical (unpaired) electrons. The summed E-state index contributed by atoms with van der Waals surface area (Å²) < 4.78 is 5.27. The Morgan fingerprint density at radius 1 is 1.25 bits per heavy atom. The quantitative estimate of drug-likeness (QED) is 0.287. The van der Waals surface area contributed by atoms with Crippen LogP contribution >= 0.6 is 0 Å². The van der Waals surface area contributed by atoms with Gasteiger partial charge in [0.05, 0.1) is 12.7 Å². The zero-order chi connectivity index (χ0) is 20.1. The highest BCUT2D eigenvalue weighted by atomic mass is 16.5. The number of aromatic amines is 1. The lowest BCUT2D eigenvalue weighted by Crippen LogP contribution is -2.28. The first kappa shape index (κ1) is 19.2. The van der Waals surface area contributed by atoms with Crippen LogP contribution in [-0.4, -0.2) is 35.9 Å². The fraction of sp³-hybridized carbons (Fsp3) is 0.182. The first-order chi connectivity index (χ1) is 13.5. The van der Waals surface area contributed by atoms with Gasteiger partial charge in [-0.3, -0.25) is 4.79 Å². The van der Waals surface area contributed by atoms with Gasteiger partial charge in [-0.25, -0.2) is 0 Å². The molecule has 0 saturated heterocycles. The molecule has 6 heteroatoms. The average molecular weight is 377 g/mol. The van der Waals surface area contributed by atoms with E-state index in [1.807, 2.05) is 43.5 Å². The van der Waals surface area contributed by atoms with Gasteiger partial charge in [-0.2, -0.15) is 0 Å². The Morgan fingerprint density at radius 2 is 2.00 bits per heavy atom. The first-order valence-electron chi connectivity index (χ1n) is 8.96. The third kappa shape index (κ3) is 4.06. The Bertz CT molecular complexity index is 1030. The Kier molecular flexibility index (Phi) is 5.79. The SMILES string of the molecule is COc1ccc2[nH]cc(CCNC(=O)/C(C=N)=C(/O)c3ccc(C)cc3)c2c1. The summed E-state index contributed by atoms with van der Waals surface area (Å²) >= 11 is 0. The number of ether oxygens (including phenoxy) is 1. The summed E-state index contributed by atoms with van der Waals surface area (Å²) in [6.07, 6.45) is 3.39. The van der Waals surface area contributed by atoms with Gasteiger partial charge in [-0.15, -0.1) is 0 Å². The van der Waals surface area contributed by atoms with E-state index >= 15 is 0 Å². The molecule has 3 rings (SSSR count). The Morgan fingerprint density at radius 3 is 2.68 bits per heavy atom. The molecule has 0 atom stereocenters. The summed E-state index contributed by atoms with van der Waals surface area (Å²) in [5.41, 5.74) is 3.54. The second kappa shape index (κ2) is 8.43. The molecule has 3 aromatic rings. The lowest BCUT2D eigenvalue weighted by atomic mass is 10.1. The van der Waals surface area contributed by atoms with Crippen molar-refractivity contribution < 1.29 is 14.6 Å².